The molecular formula is C23H30O6. The molecule has 6 heteroatoms. The summed E-state index contributed by atoms with van der Waals surface area (Å²) in [5, 5.41) is 0. The summed E-state index contributed by atoms with van der Waals surface area (Å²) >= 11 is 0. The smallest absolute Gasteiger partial charge is 0.306 e. The predicted molar refractivity (Wildman–Crippen MR) is 110 cm³/mol. The Balaban J connectivity index is 2.41. The molecule has 1 aliphatic carbocycles. The second-order valence-electron chi connectivity index (χ2n) is 7.09. The van der Waals surface area contributed by atoms with Gasteiger partial charge in [-0.2, -0.15) is 0 Å². The molecule has 1 unspecified atom stereocenters. The predicted octanol–water partition coefficient (Wildman–Crippen LogP) is 4.99. The molecule has 0 bridgehead atoms. The number of esters is 1. The van der Waals surface area contributed by atoms with E-state index in [2.05, 4.69) is 6.92 Å². The fourth-order valence-corrected chi connectivity index (χ4v) is 3.53. The summed E-state index contributed by atoms with van der Waals surface area (Å²) in [6.45, 7) is 4.11. The molecule has 0 radical (unpaired) electrons. The molecule has 0 amide bonds. The second-order valence-corrected chi connectivity index (χ2v) is 7.09. The minimum atomic E-state index is -0.582. The highest BCUT2D eigenvalue weighted by Gasteiger charge is 2.32. The molecule has 6 nitrogen and oxygen atoms in total. The largest absolute Gasteiger partial charge is 0.496 e. The maximum absolute atomic E-state index is 12.6. The van der Waals surface area contributed by atoms with E-state index in [0.29, 0.717) is 18.4 Å². The zero-order valence-corrected chi connectivity index (χ0v) is 17.7. The van der Waals surface area contributed by atoms with Crippen molar-refractivity contribution in [2.24, 2.45) is 0 Å². The summed E-state index contributed by atoms with van der Waals surface area (Å²) in [5.74, 6) is -0.390. The monoisotopic (exact) mass is 402 g/mol. The quantitative estimate of drug-likeness (QED) is 0.383. The van der Waals surface area contributed by atoms with E-state index in [4.69, 9.17) is 14.2 Å². The minimum Gasteiger partial charge on any atom is -0.496 e. The molecule has 0 heterocycles. The molecule has 0 fully saturated rings. The van der Waals surface area contributed by atoms with E-state index in [-0.39, 0.29) is 40.2 Å². The van der Waals surface area contributed by atoms with Crippen LogP contribution in [0.2, 0.25) is 0 Å². The van der Waals surface area contributed by atoms with Gasteiger partial charge in [0.15, 0.2) is 11.6 Å². The summed E-state index contributed by atoms with van der Waals surface area (Å²) in [4.78, 5) is 37.3. The van der Waals surface area contributed by atoms with Crippen LogP contribution in [-0.2, 0) is 9.53 Å². The van der Waals surface area contributed by atoms with E-state index in [1.807, 2.05) is 6.92 Å². The lowest BCUT2D eigenvalue weighted by molar-refractivity contribution is -0.150. The van der Waals surface area contributed by atoms with Crippen molar-refractivity contribution in [2.75, 3.05) is 14.2 Å². The number of fused-ring (bicyclic) bond motifs is 1. The van der Waals surface area contributed by atoms with Crippen molar-refractivity contribution in [3.8, 4) is 11.5 Å². The zero-order valence-electron chi connectivity index (χ0n) is 17.7. The molecule has 29 heavy (non-hydrogen) atoms. The molecule has 158 valence electrons. The van der Waals surface area contributed by atoms with E-state index in [1.54, 1.807) is 6.07 Å². The number of rotatable bonds is 11. The summed E-state index contributed by atoms with van der Waals surface area (Å²) < 4.78 is 16.7. The second kappa shape index (κ2) is 10.8. The SMILES string of the molecule is CCCCCCC(=O)OC(CCC)c1cc(OC)c2c(c1OC)C(=O)C=CC2=O. The van der Waals surface area contributed by atoms with Crippen LogP contribution in [0.15, 0.2) is 18.2 Å². The number of methoxy groups -OCH3 is 2. The van der Waals surface area contributed by atoms with Gasteiger partial charge in [0.05, 0.1) is 25.3 Å². The van der Waals surface area contributed by atoms with Crippen LogP contribution in [0.25, 0.3) is 0 Å². The highest BCUT2D eigenvalue weighted by Crippen LogP contribution is 2.42. The van der Waals surface area contributed by atoms with Crippen LogP contribution < -0.4 is 9.47 Å². The molecular weight excluding hydrogens is 372 g/mol. The first-order chi connectivity index (χ1) is 14.0. The van der Waals surface area contributed by atoms with Crippen molar-refractivity contribution < 1.29 is 28.6 Å². The first kappa shape index (κ1) is 22.7. The number of allylic oxidation sites excluding steroid dienone is 2. The Morgan fingerprint density at radius 1 is 0.931 bits per heavy atom. The Morgan fingerprint density at radius 3 is 2.21 bits per heavy atom. The number of hydrogen-bond acceptors (Lipinski definition) is 6. The molecule has 0 saturated carbocycles. The molecule has 0 aliphatic heterocycles. The normalized spacial score (nSPS) is 13.8. The van der Waals surface area contributed by atoms with Crippen molar-refractivity contribution in [1.29, 1.82) is 0 Å². The van der Waals surface area contributed by atoms with Gasteiger partial charge in [-0.1, -0.05) is 39.5 Å². The maximum atomic E-state index is 12.6. The first-order valence-corrected chi connectivity index (χ1v) is 10.2. The third-order valence-electron chi connectivity index (χ3n) is 4.98. The van der Waals surface area contributed by atoms with Gasteiger partial charge in [0, 0.05) is 12.0 Å². The van der Waals surface area contributed by atoms with Crippen molar-refractivity contribution >= 4 is 17.5 Å². The number of benzene rings is 1. The van der Waals surface area contributed by atoms with Gasteiger partial charge in [0.25, 0.3) is 0 Å². The highest BCUT2D eigenvalue weighted by atomic mass is 16.5. The van der Waals surface area contributed by atoms with Crippen molar-refractivity contribution in [3.05, 3.63) is 34.9 Å². The molecule has 0 saturated heterocycles. The molecule has 1 atom stereocenters. The lowest BCUT2D eigenvalue weighted by Gasteiger charge is -2.25. The number of hydrogen-bond donors (Lipinski definition) is 0. The number of carbonyl (C=O) groups is 3. The van der Waals surface area contributed by atoms with Gasteiger partial charge >= 0.3 is 5.97 Å². The van der Waals surface area contributed by atoms with E-state index in [0.717, 1.165) is 32.1 Å². The summed E-state index contributed by atoms with van der Waals surface area (Å²) in [5.41, 5.74) is 0.888. The molecule has 0 N–H and O–H groups in total. The van der Waals surface area contributed by atoms with E-state index < -0.39 is 6.10 Å². The van der Waals surface area contributed by atoms with Crippen molar-refractivity contribution in [2.45, 2.75) is 64.9 Å². The third kappa shape index (κ3) is 5.25. The zero-order chi connectivity index (χ0) is 21.4. The average molecular weight is 402 g/mol. The molecule has 1 aromatic carbocycles. The Morgan fingerprint density at radius 2 is 1.62 bits per heavy atom. The van der Waals surface area contributed by atoms with Gasteiger partial charge < -0.3 is 14.2 Å². The Hall–Kier alpha value is -2.63. The van der Waals surface area contributed by atoms with Crippen LogP contribution >= 0.6 is 0 Å². The van der Waals surface area contributed by atoms with Crippen LogP contribution in [-0.4, -0.2) is 31.8 Å². The van der Waals surface area contributed by atoms with E-state index >= 15 is 0 Å². The molecule has 0 aromatic heterocycles. The lowest BCUT2D eigenvalue weighted by atomic mass is 9.88. The lowest BCUT2D eigenvalue weighted by Crippen LogP contribution is -2.19. The van der Waals surface area contributed by atoms with E-state index in [9.17, 15) is 14.4 Å². The van der Waals surface area contributed by atoms with Crippen LogP contribution in [0.1, 0.15) is 91.2 Å². The van der Waals surface area contributed by atoms with Crippen LogP contribution in [0, 0.1) is 0 Å². The van der Waals surface area contributed by atoms with Gasteiger partial charge in [-0.25, -0.2) is 0 Å². The van der Waals surface area contributed by atoms with Crippen LogP contribution in [0.3, 0.4) is 0 Å². The summed E-state index contributed by atoms with van der Waals surface area (Å²) in [7, 11) is 2.88. The Bertz CT molecular complexity index is 793. The van der Waals surface area contributed by atoms with Crippen LogP contribution in [0.4, 0.5) is 0 Å². The summed E-state index contributed by atoms with van der Waals surface area (Å²) in [6, 6.07) is 1.65. The van der Waals surface area contributed by atoms with Crippen molar-refractivity contribution in [3.63, 3.8) is 0 Å². The maximum Gasteiger partial charge on any atom is 0.306 e. The third-order valence-corrected chi connectivity index (χ3v) is 4.98. The van der Waals surface area contributed by atoms with Gasteiger partial charge in [0.1, 0.15) is 17.6 Å². The van der Waals surface area contributed by atoms with Crippen LogP contribution in [0.5, 0.6) is 11.5 Å². The topological polar surface area (TPSA) is 78.9 Å². The number of unbranched alkanes of at least 4 members (excludes halogenated alkanes) is 3. The number of carbonyl (C=O) groups excluding carboxylic acids is 3. The van der Waals surface area contributed by atoms with Gasteiger partial charge in [-0.3, -0.25) is 14.4 Å². The highest BCUT2D eigenvalue weighted by molar-refractivity contribution is 6.24. The van der Waals surface area contributed by atoms with Gasteiger partial charge in [-0.15, -0.1) is 0 Å². The minimum absolute atomic E-state index is 0.162. The summed E-state index contributed by atoms with van der Waals surface area (Å²) in [6.07, 6.45) is 7.52. The average Bonchev–Trinajstić information content (AvgIpc) is 2.72. The fraction of sp³-hybridized carbons (Fsp3) is 0.522. The Kier molecular flexibility index (Phi) is 8.43. The number of ether oxygens (including phenoxy) is 3. The molecule has 1 aromatic rings. The molecule has 2 rings (SSSR count). The standard InChI is InChI=1S/C23H30O6/c1-5-7-8-9-11-20(26)29-18(10-6-2)15-14-19(27-3)21-16(24)12-13-17(25)22(21)23(15)28-4/h12-14,18H,5-11H2,1-4H3. The van der Waals surface area contributed by atoms with E-state index in [1.165, 1.54) is 26.4 Å². The molecule has 0 spiro atoms. The fourth-order valence-electron chi connectivity index (χ4n) is 3.53. The number of ketones is 2. The van der Waals surface area contributed by atoms with Gasteiger partial charge in [0.2, 0.25) is 0 Å². The Labute approximate surface area is 172 Å². The molecule has 1 aliphatic rings. The van der Waals surface area contributed by atoms with Gasteiger partial charge in [-0.05, 0) is 31.1 Å². The van der Waals surface area contributed by atoms with Crippen molar-refractivity contribution in [1.82, 2.24) is 0 Å². The first-order valence-electron chi connectivity index (χ1n) is 10.2.